The standard InChI is InChI=1S/C32H40BrN3O10S.C25H32BrN3O8S.C12H14O5.ClH/c1-3-21-16-32(21,30(39)43-2)35-28(37)26-15-24(46-47(41,42)25-6-4-22(33)5-7-25)17-36(26)29(38)27(18-8-10-44-11-9-18)34-31(40)45-23-13-19-12-20(19)14-23;1-3-16-13-25(16,24(32)35-2)28-22(30)20-12-18(37-38(33,34)19-6-4-17(26)5-7-19)14-29(20)23(31)21(27)15-8-10-36-11-9-15;13-9-1-2-10(14)11(9)17-12(15)16-8-4-6-3-7(6)5-8;/h3-7,18-21,23-24,26-27H,1,8-17H2,2H3,(H,34,40)(H,35,37);3-7,15-16,18,20-21H,1,8-14,27H2,2H3,(H,28,30);6-8,11H,1-5H2;1H/t19-,20+,21-,23?,24+,26+,27+,32-;16-,18+,20+,21+,25-;6-,7+,8?;/m11../s1. The lowest BCUT2D eigenvalue weighted by Gasteiger charge is -2.34. The summed E-state index contributed by atoms with van der Waals surface area (Å²) >= 11 is 6.55. The van der Waals surface area contributed by atoms with Crippen LogP contribution in [0.4, 0.5) is 9.59 Å². The summed E-state index contributed by atoms with van der Waals surface area (Å²) in [5.74, 6) is -2.76. The van der Waals surface area contributed by atoms with Crippen LogP contribution in [0.25, 0.3) is 0 Å². The van der Waals surface area contributed by atoms with Crippen LogP contribution in [-0.4, -0.2) is 206 Å². The van der Waals surface area contributed by atoms with Crippen molar-refractivity contribution in [2.45, 2.75) is 178 Å². The molecular weight excluding hydrogens is 1540 g/mol. The van der Waals surface area contributed by atoms with E-state index in [2.05, 4.69) is 61.0 Å². The van der Waals surface area contributed by atoms with Crippen molar-refractivity contribution in [2.75, 3.05) is 53.7 Å². The van der Waals surface area contributed by atoms with Gasteiger partial charge in [-0.1, -0.05) is 44.0 Å². The monoisotopic (exact) mass is 1620 g/mol. The minimum Gasteiger partial charge on any atom is -0.467 e. The topological polar surface area (TPSA) is 391 Å². The molecule has 11 aliphatic rings. The third-order valence-corrected chi connectivity index (χ3v) is 25.3. The number of esters is 2. The second-order valence-corrected chi connectivity index (χ2v) is 33.2. The zero-order valence-electron chi connectivity index (χ0n) is 56.9. The van der Waals surface area contributed by atoms with Gasteiger partial charge in [0.25, 0.3) is 20.2 Å². The smallest absolute Gasteiger partial charge is 0.467 e. The van der Waals surface area contributed by atoms with Crippen LogP contribution < -0.4 is 21.7 Å². The van der Waals surface area contributed by atoms with E-state index in [4.69, 9.17) is 47.3 Å². The molecule has 0 bridgehead atoms. The Bertz CT molecular complexity index is 3780. The Hall–Kier alpha value is -6.43. The average molecular weight is 1630 g/mol. The fraction of sp³-hybridized carbons (Fsp3) is 0.623. The first-order valence-corrected chi connectivity index (χ1v) is 38.8. The summed E-state index contributed by atoms with van der Waals surface area (Å²) in [6.45, 7) is 8.80. The highest BCUT2D eigenvalue weighted by Gasteiger charge is 2.64. The summed E-state index contributed by atoms with van der Waals surface area (Å²) in [6, 6.07) is 7.57. The lowest BCUT2D eigenvalue weighted by molar-refractivity contribution is -0.148. The molecule has 11 fully saturated rings. The van der Waals surface area contributed by atoms with Crippen LogP contribution in [0.3, 0.4) is 0 Å². The molecule has 0 aromatic heterocycles. The number of Topliss-reactive ketones (excluding diaryl/α,β-unsaturated/α-hetero) is 2. The molecule has 13 rings (SSSR count). The number of ketones is 2. The van der Waals surface area contributed by atoms with Gasteiger partial charge in [0, 0.05) is 86.0 Å². The summed E-state index contributed by atoms with van der Waals surface area (Å²) in [6.07, 6.45) is 6.61. The maximum Gasteiger partial charge on any atom is 0.509 e. The van der Waals surface area contributed by atoms with Crippen LogP contribution in [0.15, 0.2) is 92.6 Å². The minimum atomic E-state index is -4.27. The van der Waals surface area contributed by atoms with Gasteiger partial charge in [0.15, 0.2) is 11.6 Å². The molecule has 2 unspecified atom stereocenters. The molecule has 564 valence electrons. The number of likely N-dealkylation sites (tertiary alicyclic amines) is 2. The first-order valence-electron chi connectivity index (χ1n) is 34.4. The number of hydrogen-bond acceptors (Lipinski definition) is 24. The second kappa shape index (κ2) is 33.2. The predicted octanol–water partition coefficient (Wildman–Crippen LogP) is 5.45. The van der Waals surface area contributed by atoms with Gasteiger partial charge in [0.1, 0.15) is 41.4 Å². The number of rotatable bonds is 22. The fourth-order valence-electron chi connectivity index (χ4n) is 15.3. The molecule has 34 heteroatoms. The zero-order valence-corrected chi connectivity index (χ0v) is 62.5. The quantitative estimate of drug-likeness (QED) is 0.0374. The molecule has 0 spiro atoms. The number of nitrogens with two attached hydrogens (primary N) is 1. The van der Waals surface area contributed by atoms with Crippen LogP contribution in [0.5, 0.6) is 0 Å². The lowest BCUT2D eigenvalue weighted by atomic mass is 9.90. The Balaban J connectivity index is 0.000000181. The molecular formula is C69H87Br2ClN6O23S2. The molecule has 7 saturated carbocycles. The van der Waals surface area contributed by atoms with E-state index in [1.54, 1.807) is 36.4 Å². The van der Waals surface area contributed by atoms with Gasteiger partial charge in [-0.05, 0) is 161 Å². The van der Waals surface area contributed by atoms with E-state index in [-0.39, 0.29) is 115 Å². The Kier molecular flexibility index (Phi) is 25.5. The minimum absolute atomic E-state index is 0. The maximum absolute atomic E-state index is 14.4. The number of halogens is 3. The van der Waals surface area contributed by atoms with E-state index in [0.29, 0.717) is 91.1 Å². The summed E-state index contributed by atoms with van der Waals surface area (Å²) in [4.78, 5) is 130. The van der Waals surface area contributed by atoms with E-state index in [1.165, 1.54) is 54.7 Å². The van der Waals surface area contributed by atoms with Gasteiger partial charge in [0.05, 0.1) is 42.3 Å². The predicted molar refractivity (Wildman–Crippen MR) is 371 cm³/mol. The van der Waals surface area contributed by atoms with Crippen LogP contribution in [0.1, 0.15) is 103 Å². The highest BCUT2D eigenvalue weighted by molar-refractivity contribution is 9.10. The number of ether oxygens (including phenoxy) is 7. The lowest BCUT2D eigenvalue weighted by Crippen LogP contribution is -2.58. The number of nitrogens with zero attached hydrogens (tertiary/aromatic N) is 2. The number of nitrogens with one attached hydrogen (secondary N) is 3. The van der Waals surface area contributed by atoms with Crippen molar-refractivity contribution in [3.05, 3.63) is 82.8 Å². The van der Waals surface area contributed by atoms with Crippen molar-refractivity contribution >= 4 is 124 Å². The molecule has 16 atom stereocenters. The fourth-order valence-corrected chi connectivity index (χ4v) is 18.0. The molecule has 4 heterocycles. The molecule has 5 N–H and O–H groups in total. The Labute approximate surface area is 620 Å². The number of methoxy groups -OCH3 is 2. The van der Waals surface area contributed by atoms with Gasteiger partial charge in [0.2, 0.25) is 29.7 Å². The third kappa shape index (κ3) is 18.5. The molecule has 5 amide bonds. The van der Waals surface area contributed by atoms with E-state index in [9.17, 15) is 64.8 Å². The van der Waals surface area contributed by atoms with Gasteiger partial charge < -0.3 is 64.6 Å². The summed E-state index contributed by atoms with van der Waals surface area (Å²) < 4.78 is 101. The second-order valence-electron chi connectivity index (χ2n) is 28.2. The molecule has 4 aliphatic heterocycles. The van der Waals surface area contributed by atoms with E-state index in [0.717, 1.165) is 32.1 Å². The van der Waals surface area contributed by atoms with E-state index in [1.807, 2.05) is 0 Å². The molecule has 4 saturated heterocycles. The molecule has 2 aromatic rings. The highest BCUT2D eigenvalue weighted by Crippen LogP contribution is 2.54. The zero-order chi connectivity index (χ0) is 73.2. The Morgan fingerprint density at radius 3 is 1.37 bits per heavy atom. The summed E-state index contributed by atoms with van der Waals surface area (Å²) in [7, 11) is -6.00. The molecule has 103 heavy (non-hydrogen) atoms. The van der Waals surface area contributed by atoms with Crippen molar-refractivity contribution in [2.24, 2.45) is 53.1 Å². The molecule has 29 nitrogen and oxygen atoms in total. The Morgan fingerprint density at radius 1 is 0.573 bits per heavy atom. The first-order chi connectivity index (χ1) is 48.6. The molecule has 2 aromatic carbocycles. The first kappa shape index (κ1) is 79.1. The van der Waals surface area contributed by atoms with Crippen LogP contribution in [0.2, 0.25) is 0 Å². The van der Waals surface area contributed by atoms with Crippen molar-refractivity contribution in [3.63, 3.8) is 0 Å². The number of alkyl carbamates (subject to hydrolysis) is 1. The third-order valence-electron chi connectivity index (χ3n) is 21.5. The van der Waals surface area contributed by atoms with Crippen molar-refractivity contribution in [1.82, 2.24) is 25.8 Å². The number of amides is 5. The van der Waals surface area contributed by atoms with Gasteiger partial charge in [-0.3, -0.25) is 37.1 Å². The van der Waals surface area contributed by atoms with Crippen molar-refractivity contribution < 1.29 is 106 Å². The summed E-state index contributed by atoms with van der Waals surface area (Å²) in [5.41, 5.74) is 3.73. The number of hydrogen-bond donors (Lipinski definition) is 4. The van der Waals surface area contributed by atoms with Crippen LogP contribution >= 0.6 is 44.3 Å². The number of carbonyl (C=O) groups is 10. The number of benzene rings is 2. The number of carbonyl (C=O) groups excluding carboxylic acids is 10. The summed E-state index contributed by atoms with van der Waals surface area (Å²) in [5, 5.41) is 8.29. The molecule has 7 aliphatic carbocycles. The largest absolute Gasteiger partial charge is 0.509 e. The highest BCUT2D eigenvalue weighted by atomic mass is 79.9. The van der Waals surface area contributed by atoms with Crippen molar-refractivity contribution in [1.29, 1.82) is 0 Å². The van der Waals surface area contributed by atoms with Gasteiger partial charge in [-0.2, -0.15) is 16.8 Å². The van der Waals surface area contributed by atoms with Crippen LogP contribution in [-0.2, 0) is 100 Å². The van der Waals surface area contributed by atoms with Gasteiger partial charge >= 0.3 is 24.2 Å². The number of fused-ring (bicyclic) bond motifs is 2. The maximum atomic E-state index is 14.4. The molecule has 0 radical (unpaired) electrons. The van der Waals surface area contributed by atoms with Gasteiger partial charge in [-0.25, -0.2) is 19.2 Å². The van der Waals surface area contributed by atoms with E-state index >= 15 is 0 Å². The average Bonchev–Trinajstić information content (AvgIpc) is 1.59. The van der Waals surface area contributed by atoms with Gasteiger partial charge in [-0.15, -0.1) is 25.6 Å². The van der Waals surface area contributed by atoms with Crippen molar-refractivity contribution in [3.8, 4) is 0 Å². The van der Waals surface area contributed by atoms with Crippen LogP contribution in [0, 0.1) is 47.3 Å². The SMILES string of the molecule is C=C[C@@H]1C[C@]1(NC(=O)[C@@H]1C[C@H](OS(=O)(=O)c2ccc(Br)cc2)CN1C(=O)[C@@H](N)C1CCOCC1)C(=O)OC.C=C[C@@H]1C[C@]1(NC(=O)[C@@H]1C[C@H](OS(=O)(=O)c2ccc(Br)cc2)CN1C(=O)[C@@H](NC(=O)OC1C[C@@H]2C[C@@H]2C1)C1CCOCC1)C(=O)OC.Cl.O=C(OC1C[C@@H]2C[C@@H]2C1)OC1C(=O)CCC1=O. The van der Waals surface area contributed by atoms with E-state index < -0.39 is 122 Å². The normalized spacial score (nSPS) is 31.0. The Morgan fingerprint density at radius 2 is 0.971 bits per heavy atom.